The van der Waals surface area contributed by atoms with E-state index in [1.807, 2.05) is 30.5 Å². The molecule has 0 unspecified atom stereocenters. The lowest BCUT2D eigenvalue weighted by atomic mass is 10.1. The number of benzene rings is 1. The van der Waals surface area contributed by atoms with Crippen molar-refractivity contribution in [1.29, 1.82) is 0 Å². The molecule has 0 saturated carbocycles. The Kier molecular flexibility index (Phi) is 2.44. The predicted octanol–water partition coefficient (Wildman–Crippen LogP) is 3.83. The van der Waals surface area contributed by atoms with Crippen molar-refractivity contribution < 1.29 is 0 Å². The second-order valence-electron chi connectivity index (χ2n) is 4.49. The van der Waals surface area contributed by atoms with Gasteiger partial charge in [0, 0.05) is 29.5 Å². The lowest BCUT2D eigenvalue weighted by Crippen LogP contribution is -1.83. The van der Waals surface area contributed by atoms with Gasteiger partial charge in [0.05, 0.1) is 11.0 Å². The summed E-state index contributed by atoms with van der Waals surface area (Å²) in [5, 5.41) is 1.52. The van der Waals surface area contributed by atoms with Gasteiger partial charge in [-0.2, -0.15) is 0 Å². The average Bonchev–Trinajstić information content (AvgIpc) is 2.89. The molecule has 96 valence electrons. The van der Waals surface area contributed by atoms with E-state index in [-0.39, 0.29) is 0 Å². The van der Waals surface area contributed by atoms with Crippen LogP contribution in [0.3, 0.4) is 0 Å². The molecule has 1 aromatic carbocycles. The minimum absolute atomic E-state index is 0.482. The second kappa shape index (κ2) is 4.28. The van der Waals surface area contributed by atoms with Crippen LogP contribution in [0.5, 0.6) is 0 Å². The normalized spacial score (nSPS) is 11.2. The molecule has 0 aliphatic carbocycles. The Morgan fingerprint density at radius 2 is 1.80 bits per heavy atom. The molecule has 0 aliphatic rings. The highest BCUT2D eigenvalue weighted by atomic mass is 35.5. The van der Waals surface area contributed by atoms with Crippen molar-refractivity contribution in [1.82, 2.24) is 19.9 Å². The van der Waals surface area contributed by atoms with Gasteiger partial charge < -0.3 is 4.98 Å². The summed E-state index contributed by atoms with van der Waals surface area (Å²) in [5.41, 5.74) is 4.70. The van der Waals surface area contributed by atoms with E-state index in [1.54, 1.807) is 18.5 Å². The standard InChI is InChI=1S/C15H9ClN4/c16-14-4-2-10-11(8-19-15(10)20-14)9-1-3-12-13(7-9)18-6-5-17-12/h1-8H,(H,19,20). The molecule has 0 atom stereocenters. The molecule has 5 heteroatoms. The highest BCUT2D eigenvalue weighted by molar-refractivity contribution is 6.29. The third-order valence-electron chi connectivity index (χ3n) is 3.28. The summed E-state index contributed by atoms with van der Waals surface area (Å²) >= 11 is 5.90. The van der Waals surface area contributed by atoms with Crippen LogP contribution >= 0.6 is 11.6 Å². The van der Waals surface area contributed by atoms with E-state index < -0.39 is 0 Å². The van der Waals surface area contributed by atoms with E-state index in [1.165, 1.54) is 0 Å². The lowest BCUT2D eigenvalue weighted by molar-refractivity contribution is 1.29. The van der Waals surface area contributed by atoms with E-state index in [0.29, 0.717) is 5.15 Å². The Balaban J connectivity index is 1.96. The third kappa shape index (κ3) is 1.73. The Morgan fingerprint density at radius 3 is 2.70 bits per heavy atom. The predicted molar refractivity (Wildman–Crippen MR) is 79.6 cm³/mol. The number of rotatable bonds is 1. The number of nitrogens with one attached hydrogen (secondary N) is 1. The van der Waals surface area contributed by atoms with Crippen LogP contribution in [0.4, 0.5) is 0 Å². The zero-order chi connectivity index (χ0) is 13.5. The number of pyridine rings is 1. The molecule has 0 aliphatic heterocycles. The van der Waals surface area contributed by atoms with Crippen molar-refractivity contribution in [2.24, 2.45) is 0 Å². The maximum absolute atomic E-state index is 5.90. The van der Waals surface area contributed by atoms with Gasteiger partial charge in [-0.15, -0.1) is 0 Å². The summed E-state index contributed by atoms with van der Waals surface area (Å²) < 4.78 is 0. The number of fused-ring (bicyclic) bond motifs is 2. The molecule has 0 amide bonds. The summed E-state index contributed by atoms with van der Waals surface area (Å²) in [6.45, 7) is 0. The maximum atomic E-state index is 5.90. The van der Waals surface area contributed by atoms with Gasteiger partial charge in [0.1, 0.15) is 10.8 Å². The van der Waals surface area contributed by atoms with Gasteiger partial charge >= 0.3 is 0 Å². The topological polar surface area (TPSA) is 54.5 Å². The van der Waals surface area contributed by atoms with E-state index in [9.17, 15) is 0 Å². The van der Waals surface area contributed by atoms with E-state index in [4.69, 9.17) is 11.6 Å². The van der Waals surface area contributed by atoms with Crippen molar-refractivity contribution in [2.75, 3.05) is 0 Å². The summed E-state index contributed by atoms with van der Waals surface area (Å²) in [4.78, 5) is 16.0. The number of aromatic amines is 1. The van der Waals surface area contributed by atoms with Crippen LogP contribution < -0.4 is 0 Å². The fourth-order valence-electron chi connectivity index (χ4n) is 2.35. The molecular formula is C15H9ClN4. The molecule has 3 heterocycles. The summed E-state index contributed by atoms with van der Waals surface area (Å²) in [6.07, 6.45) is 5.33. The number of H-pyrrole nitrogens is 1. The minimum Gasteiger partial charge on any atom is -0.345 e. The summed E-state index contributed by atoms with van der Waals surface area (Å²) in [6, 6.07) is 9.80. The van der Waals surface area contributed by atoms with Gasteiger partial charge in [-0.3, -0.25) is 9.97 Å². The largest absolute Gasteiger partial charge is 0.345 e. The molecule has 4 nitrogen and oxygen atoms in total. The fourth-order valence-corrected chi connectivity index (χ4v) is 2.50. The van der Waals surface area contributed by atoms with Crippen LogP contribution in [0.2, 0.25) is 5.15 Å². The van der Waals surface area contributed by atoms with Crippen molar-refractivity contribution in [3.63, 3.8) is 0 Å². The Morgan fingerprint density at radius 1 is 0.950 bits per heavy atom. The smallest absolute Gasteiger partial charge is 0.139 e. The first-order valence-corrected chi connectivity index (χ1v) is 6.54. The van der Waals surface area contributed by atoms with Gasteiger partial charge in [0.25, 0.3) is 0 Å². The van der Waals surface area contributed by atoms with E-state index in [2.05, 4.69) is 19.9 Å². The number of hydrogen-bond donors (Lipinski definition) is 1. The Hall–Kier alpha value is -2.46. The molecule has 4 aromatic rings. The van der Waals surface area contributed by atoms with Crippen molar-refractivity contribution in [2.45, 2.75) is 0 Å². The van der Waals surface area contributed by atoms with Crippen molar-refractivity contribution in [3.8, 4) is 11.1 Å². The molecule has 3 aromatic heterocycles. The number of aromatic nitrogens is 4. The molecule has 0 radical (unpaired) electrons. The zero-order valence-electron chi connectivity index (χ0n) is 10.3. The Bertz CT molecular complexity index is 929. The molecule has 0 saturated heterocycles. The maximum Gasteiger partial charge on any atom is 0.139 e. The first-order chi connectivity index (χ1) is 9.81. The van der Waals surface area contributed by atoms with Crippen LogP contribution in [-0.4, -0.2) is 19.9 Å². The highest BCUT2D eigenvalue weighted by Crippen LogP contribution is 2.29. The molecule has 0 spiro atoms. The molecular weight excluding hydrogens is 272 g/mol. The van der Waals surface area contributed by atoms with Gasteiger partial charge in [-0.1, -0.05) is 17.7 Å². The van der Waals surface area contributed by atoms with Crippen LogP contribution in [0.25, 0.3) is 33.2 Å². The van der Waals surface area contributed by atoms with Gasteiger partial charge in [0.2, 0.25) is 0 Å². The van der Waals surface area contributed by atoms with Crippen LogP contribution in [0.1, 0.15) is 0 Å². The highest BCUT2D eigenvalue weighted by Gasteiger charge is 2.08. The second-order valence-corrected chi connectivity index (χ2v) is 4.88. The zero-order valence-corrected chi connectivity index (χ0v) is 11.1. The molecule has 4 rings (SSSR count). The van der Waals surface area contributed by atoms with E-state index in [0.717, 1.165) is 33.2 Å². The Labute approximate surface area is 119 Å². The van der Waals surface area contributed by atoms with Crippen LogP contribution in [0.15, 0.2) is 48.9 Å². The SMILES string of the molecule is Clc1ccc2c(-c3ccc4nccnc4c3)c[nH]c2n1. The number of halogens is 1. The van der Waals surface area contributed by atoms with E-state index >= 15 is 0 Å². The third-order valence-corrected chi connectivity index (χ3v) is 3.50. The van der Waals surface area contributed by atoms with Crippen LogP contribution in [-0.2, 0) is 0 Å². The summed E-state index contributed by atoms with van der Waals surface area (Å²) in [7, 11) is 0. The van der Waals surface area contributed by atoms with Crippen LogP contribution in [0, 0.1) is 0 Å². The van der Waals surface area contributed by atoms with Gasteiger partial charge in [-0.25, -0.2) is 4.98 Å². The van der Waals surface area contributed by atoms with Gasteiger partial charge in [0.15, 0.2) is 0 Å². The minimum atomic E-state index is 0.482. The first-order valence-electron chi connectivity index (χ1n) is 6.16. The monoisotopic (exact) mass is 280 g/mol. The molecule has 0 fully saturated rings. The molecule has 0 bridgehead atoms. The molecule has 20 heavy (non-hydrogen) atoms. The van der Waals surface area contributed by atoms with Crippen molar-refractivity contribution >= 4 is 33.7 Å². The molecule has 1 N–H and O–H groups in total. The summed E-state index contributed by atoms with van der Waals surface area (Å²) in [5.74, 6) is 0. The van der Waals surface area contributed by atoms with Crippen molar-refractivity contribution in [3.05, 3.63) is 54.1 Å². The average molecular weight is 281 g/mol. The number of nitrogens with zero attached hydrogens (tertiary/aromatic N) is 3. The quantitative estimate of drug-likeness (QED) is 0.539. The number of hydrogen-bond acceptors (Lipinski definition) is 3. The lowest BCUT2D eigenvalue weighted by Gasteiger charge is -2.01. The fraction of sp³-hybridized carbons (Fsp3) is 0. The first kappa shape index (κ1) is 11.4. The van der Waals surface area contributed by atoms with Gasteiger partial charge in [-0.05, 0) is 29.8 Å².